The Bertz CT molecular complexity index is 581. The van der Waals surface area contributed by atoms with E-state index < -0.39 is 15.1 Å². The van der Waals surface area contributed by atoms with Crippen molar-refractivity contribution in [1.82, 2.24) is 0 Å². The van der Waals surface area contributed by atoms with Crippen molar-refractivity contribution in [2.75, 3.05) is 7.11 Å². The first-order valence-corrected chi connectivity index (χ1v) is 8.45. The molecule has 112 valence electrons. The third-order valence-electron chi connectivity index (χ3n) is 4.16. The maximum absolute atomic E-state index is 12.9. The number of methoxy groups -OCH3 is 1. The first kappa shape index (κ1) is 15.3. The molecule has 1 fully saturated rings. The van der Waals surface area contributed by atoms with Gasteiger partial charge in [-0.3, -0.25) is 0 Å². The van der Waals surface area contributed by atoms with E-state index in [-0.39, 0.29) is 16.4 Å². The molecule has 0 bridgehead atoms. The Hall–Kier alpha value is -1.07. The summed E-state index contributed by atoms with van der Waals surface area (Å²) in [5.41, 5.74) is 6.10. The van der Waals surface area contributed by atoms with Gasteiger partial charge in [0.2, 0.25) is 0 Å². The third-order valence-corrected chi connectivity index (χ3v) is 6.42. The van der Waals surface area contributed by atoms with E-state index in [0.717, 1.165) is 12.8 Å². The Morgan fingerprint density at radius 3 is 2.60 bits per heavy atom. The van der Waals surface area contributed by atoms with Crippen molar-refractivity contribution in [3.8, 4) is 5.75 Å². The molecule has 20 heavy (non-hydrogen) atoms. The lowest BCUT2D eigenvalue weighted by Gasteiger charge is -2.38. The topological polar surface area (TPSA) is 69.4 Å². The van der Waals surface area contributed by atoms with E-state index >= 15 is 0 Å². The largest absolute Gasteiger partial charge is 0.495 e. The highest BCUT2D eigenvalue weighted by molar-refractivity contribution is 7.92. The second-order valence-electron chi connectivity index (χ2n) is 6.31. The lowest BCUT2D eigenvalue weighted by Crippen LogP contribution is -2.47. The zero-order valence-electron chi connectivity index (χ0n) is 12.3. The van der Waals surface area contributed by atoms with Gasteiger partial charge in [0, 0.05) is 6.04 Å². The lowest BCUT2D eigenvalue weighted by molar-refractivity contribution is 0.227. The SMILES string of the molecule is COc1ccccc1S(=O)(=O)C1CC(C)(C)CCC1N. The quantitative estimate of drug-likeness (QED) is 0.930. The Morgan fingerprint density at radius 2 is 1.95 bits per heavy atom. The summed E-state index contributed by atoms with van der Waals surface area (Å²) in [5, 5.41) is -0.539. The molecule has 1 aromatic carbocycles. The first-order chi connectivity index (χ1) is 9.28. The first-order valence-electron chi connectivity index (χ1n) is 6.90. The van der Waals surface area contributed by atoms with Crippen LogP contribution in [-0.2, 0) is 9.84 Å². The van der Waals surface area contributed by atoms with Crippen molar-refractivity contribution >= 4 is 9.84 Å². The Balaban J connectivity index is 2.43. The molecular formula is C15H23NO3S. The van der Waals surface area contributed by atoms with Crippen LogP contribution in [0.25, 0.3) is 0 Å². The van der Waals surface area contributed by atoms with Crippen molar-refractivity contribution in [3.63, 3.8) is 0 Å². The van der Waals surface area contributed by atoms with Crippen LogP contribution in [0, 0.1) is 5.41 Å². The summed E-state index contributed by atoms with van der Waals surface area (Å²) in [6, 6.07) is 6.45. The van der Waals surface area contributed by atoms with E-state index in [0.29, 0.717) is 12.2 Å². The maximum atomic E-state index is 12.9. The molecule has 5 heteroatoms. The highest BCUT2D eigenvalue weighted by Crippen LogP contribution is 2.40. The predicted octanol–water partition coefficient (Wildman–Crippen LogP) is 2.37. The molecule has 2 rings (SSSR count). The molecule has 0 spiro atoms. The fourth-order valence-electron chi connectivity index (χ4n) is 2.90. The van der Waals surface area contributed by atoms with Gasteiger partial charge in [-0.05, 0) is 36.8 Å². The second-order valence-corrected chi connectivity index (χ2v) is 8.44. The summed E-state index contributed by atoms with van der Waals surface area (Å²) in [5.74, 6) is 0.392. The van der Waals surface area contributed by atoms with Crippen LogP contribution < -0.4 is 10.5 Å². The van der Waals surface area contributed by atoms with E-state index in [2.05, 4.69) is 13.8 Å². The maximum Gasteiger partial charge on any atom is 0.186 e. The number of hydrogen-bond donors (Lipinski definition) is 1. The number of nitrogens with two attached hydrogens (primary N) is 1. The van der Waals surface area contributed by atoms with E-state index in [4.69, 9.17) is 10.5 Å². The number of para-hydroxylation sites is 1. The van der Waals surface area contributed by atoms with Gasteiger partial charge >= 0.3 is 0 Å². The van der Waals surface area contributed by atoms with E-state index in [1.165, 1.54) is 7.11 Å². The van der Waals surface area contributed by atoms with Crippen LogP contribution in [0.5, 0.6) is 5.75 Å². The molecule has 0 heterocycles. The van der Waals surface area contributed by atoms with Crippen molar-refractivity contribution in [2.45, 2.75) is 49.3 Å². The van der Waals surface area contributed by atoms with Gasteiger partial charge in [-0.25, -0.2) is 8.42 Å². The fraction of sp³-hybridized carbons (Fsp3) is 0.600. The minimum atomic E-state index is -3.48. The van der Waals surface area contributed by atoms with E-state index in [9.17, 15) is 8.42 Å². The van der Waals surface area contributed by atoms with Gasteiger partial charge in [-0.15, -0.1) is 0 Å². The molecule has 2 atom stereocenters. The zero-order valence-corrected chi connectivity index (χ0v) is 13.1. The van der Waals surface area contributed by atoms with Crippen LogP contribution in [0.15, 0.2) is 29.2 Å². The summed E-state index contributed by atoms with van der Waals surface area (Å²) < 4.78 is 31.0. The average molecular weight is 297 g/mol. The summed E-state index contributed by atoms with van der Waals surface area (Å²) in [6.45, 7) is 4.20. The number of rotatable bonds is 3. The molecule has 1 saturated carbocycles. The molecule has 0 aromatic heterocycles. The molecule has 1 aliphatic carbocycles. The lowest BCUT2D eigenvalue weighted by atomic mass is 9.75. The molecule has 0 aliphatic heterocycles. The van der Waals surface area contributed by atoms with Crippen molar-refractivity contribution < 1.29 is 13.2 Å². The Kier molecular flexibility index (Phi) is 4.12. The van der Waals surface area contributed by atoms with Gasteiger partial charge in [0.05, 0.1) is 12.4 Å². The molecule has 0 radical (unpaired) electrons. The molecule has 4 nitrogen and oxygen atoms in total. The predicted molar refractivity (Wildman–Crippen MR) is 79.6 cm³/mol. The fourth-order valence-corrected chi connectivity index (χ4v) is 5.19. The van der Waals surface area contributed by atoms with Crippen LogP contribution in [0.1, 0.15) is 33.1 Å². The monoisotopic (exact) mass is 297 g/mol. The Labute approximate surface area is 121 Å². The van der Waals surface area contributed by atoms with Gasteiger partial charge in [-0.2, -0.15) is 0 Å². The second kappa shape index (κ2) is 5.37. The highest BCUT2D eigenvalue weighted by atomic mass is 32.2. The van der Waals surface area contributed by atoms with Gasteiger partial charge in [0.15, 0.2) is 9.84 Å². The van der Waals surface area contributed by atoms with Gasteiger partial charge in [-0.1, -0.05) is 26.0 Å². The van der Waals surface area contributed by atoms with Gasteiger partial charge in [0.25, 0.3) is 0 Å². The molecule has 0 saturated heterocycles. The summed E-state index contributed by atoms with van der Waals surface area (Å²) in [6.07, 6.45) is 2.30. The average Bonchev–Trinajstić information content (AvgIpc) is 2.41. The smallest absolute Gasteiger partial charge is 0.186 e. The summed E-state index contributed by atoms with van der Waals surface area (Å²) in [7, 11) is -1.99. The van der Waals surface area contributed by atoms with Gasteiger partial charge < -0.3 is 10.5 Å². The van der Waals surface area contributed by atoms with Crippen molar-refractivity contribution in [1.29, 1.82) is 0 Å². The summed E-state index contributed by atoms with van der Waals surface area (Å²) >= 11 is 0. The Morgan fingerprint density at radius 1 is 1.30 bits per heavy atom. The van der Waals surface area contributed by atoms with E-state index in [1.807, 2.05) is 0 Å². The number of hydrogen-bond acceptors (Lipinski definition) is 4. The van der Waals surface area contributed by atoms with E-state index in [1.54, 1.807) is 24.3 Å². The van der Waals surface area contributed by atoms with Crippen molar-refractivity contribution in [3.05, 3.63) is 24.3 Å². The summed E-state index contributed by atoms with van der Waals surface area (Å²) in [4.78, 5) is 0.251. The molecule has 1 aromatic rings. The zero-order chi connectivity index (χ0) is 15.0. The number of benzene rings is 1. The minimum Gasteiger partial charge on any atom is -0.495 e. The minimum absolute atomic E-state index is 0.00955. The molecular weight excluding hydrogens is 274 g/mol. The van der Waals surface area contributed by atoms with Crippen LogP contribution in [0.4, 0.5) is 0 Å². The number of ether oxygens (including phenoxy) is 1. The normalized spacial score (nSPS) is 26.2. The third kappa shape index (κ3) is 2.83. The van der Waals surface area contributed by atoms with Crippen molar-refractivity contribution in [2.24, 2.45) is 11.1 Å². The van der Waals surface area contributed by atoms with Crippen LogP contribution in [-0.4, -0.2) is 26.8 Å². The standard InChI is InChI=1S/C15H23NO3S/c1-15(2)9-8-11(16)14(10-15)20(17,18)13-7-5-4-6-12(13)19-3/h4-7,11,14H,8-10,16H2,1-3H3. The van der Waals surface area contributed by atoms with Crippen LogP contribution >= 0.6 is 0 Å². The van der Waals surface area contributed by atoms with Gasteiger partial charge in [0.1, 0.15) is 10.6 Å². The molecule has 0 amide bonds. The molecule has 1 aliphatic rings. The van der Waals surface area contributed by atoms with Crippen LogP contribution in [0.2, 0.25) is 0 Å². The highest BCUT2D eigenvalue weighted by Gasteiger charge is 2.42. The number of sulfone groups is 1. The molecule has 2 unspecified atom stereocenters. The molecule has 2 N–H and O–H groups in total. The van der Waals surface area contributed by atoms with Crippen LogP contribution in [0.3, 0.4) is 0 Å².